The molecule has 1 fully saturated rings. The lowest BCUT2D eigenvalue weighted by atomic mass is 9.81. The zero-order valence-corrected chi connectivity index (χ0v) is 15.5. The maximum Gasteiger partial charge on any atom is 0.329 e. The number of nitrogens with zero attached hydrogens (tertiary/aromatic N) is 1. The molecule has 2 N–H and O–H groups in total. The maximum atomic E-state index is 12.4. The van der Waals surface area contributed by atoms with Crippen molar-refractivity contribution in [1.29, 1.82) is 0 Å². The second kappa shape index (κ2) is 7.19. The standard InChI is InChI=1S/C19H20N2O5S/c22-16(21-19(18(23)24)6-2-1-3-7-19)9-13-10-27-17(20-13)12-4-5-14-15(8-12)26-11-25-14/h4-5,8,10H,1-3,6-7,9,11H2,(H,21,22)(H,23,24). The van der Waals surface area contributed by atoms with Gasteiger partial charge in [-0.3, -0.25) is 4.79 Å². The van der Waals surface area contributed by atoms with E-state index in [-0.39, 0.29) is 19.1 Å². The maximum absolute atomic E-state index is 12.4. The summed E-state index contributed by atoms with van der Waals surface area (Å²) in [5.41, 5.74) is 0.387. The Morgan fingerprint density at radius 2 is 1.96 bits per heavy atom. The smallest absolute Gasteiger partial charge is 0.329 e. The van der Waals surface area contributed by atoms with Crippen molar-refractivity contribution < 1.29 is 24.2 Å². The molecule has 8 heteroatoms. The van der Waals surface area contributed by atoms with Gasteiger partial charge >= 0.3 is 5.97 Å². The number of hydrogen-bond donors (Lipinski definition) is 2. The molecule has 0 bridgehead atoms. The van der Waals surface area contributed by atoms with E-state index in [1.807, 2.05) is 23.6 Å². The first-order chi connectivity index (χ1) is 13.1. The van der Waals surface area contributed by atoms with Crippen LogP contribution in [-0.2, 0) is 16.0 Å². The van der Waals surface area contributed by atoms with E-state index in [2.05, 4.69) is 10.3 Å². The molecule has 7 nitrogen and oxygen atoms in total. The molecule has 4 rings (SSSR count). The molecule has 1 aromatic heterocycles. The number of amides is 1. The van der Waals surface area contributed by atoms with Crippen molar-refractivity contribution in [3.05, 3.63) is 29.3 Å². The molecule has 1 aromatic carbocycles. The number of ether oxygens (including phenoxy) is 2. The fourth-order valence-corrected chi connectivity index (χ4v) is 4.39. The van der Waals surface area contributed by atoms with Crippen LogP contribution in [0.25, 0.3) is 10.6 Å². The Balaban J connectivity index is 1.44. The zero-order chi connectivity index (χ0) is 18.9. The van der Waals surface area contributed by atoms with Crippen molar-refractivity contribution in [1.82, 2.24) is 10.3 Å². The van der Waals surface area contributed by atoms with Gasteiger partial charge in [-0.1, -0.05) is 19.3 Å². The minimum atomic E-state index is -1.13. The topological polar surface area (TPSA) is 97.8 Å². The van der Waals surface area contributed by atoms with Crippen molar-refractivity contribution in [2.45, 2.75) is 44.1 Å². The molecule has 27 heavy (non-hydrogen) atoms. The average Bonchev–Trinajstić information content (AvgIpc) is 3.30. The molecule has 2 aromatic rings. The Morgan fingerprint density at radius 3 is 2.74 bits per heavy atom. The van der Waals surface area contributed by atoms with Gasteiger partial charge in [0.1, 0.15) is 10.5 Å². The Morgan fingerprint density at radius 1 is 1.19 bits per heavy atom. The molecule has 1 aliphatic heterocycles. The number of carbonyl (C=O) groups is 2. The van der Waals surface area contributed by atoms with Crippen molar-refractivity contribution in [2.24, 2.45) is 0 Å². The zero-order valence-electron chi connectivity index (χ0n) is 14.7. The molecule has 0 atom stereocenters. The molecular weight excluding hydrogens is 368 g/mol. The van der Waals surface area contributed by atoms with Crippen molar-refractivity contribution >= 4 is 23.2 Å². The van der Waals surface area contributed by atoms with Crippen LogP contribution in [0.3, 0.4) is 0 Å². The fourth-order valence-electron chi connectivity index (χ4n) is 3.57. The minimum Gasteiger partial charge on any atom is -0.480 e. The van der Waals surface area contributed by atoms with Gasteiger partial charge in [0.2, 0.25) is 12.7 Å². The third-order valence-electron chi connectivity index (χ3n) is 5.01. The molecule has 1 aliphatic carbocycles. The Labute approximate surface area is 160 Å². The number of nitrogens with one attached hydrogen (secondary N) is 1. The van der Waals surface area contributed by atoms with Gasteiger partial charge in [0.15, 0.2) is 11.5 Å². The van der Waals surface area contributed by atoms with E-state index in [0.717, 1.165) is 29.8 Å². The molecule has 0 unspecified atom stereocenters. The van der Waals surface area contributed by atoms with Crippen LogP contribution in [0.5, 0.6) is 11.5 Å². The molecule has 0 saturated heterocycles. The number of benzene rings is 1. The van der Waals surface area contributed by atoms with Gasteiger partial charge in [-0.25, -0.2) is 9.78 Å². The summed E-state index contributed by atoms with van der Waals surface area (Å²) in [4.78, 5) is 28.7. The number of thiazole rings is 1. The van der Waals surface area contributed by atoms with E-state index < -0.39 is 11.5 Å². The number of rotatable bonds is 5. The number of fused-ring (bicyclic) bond motifs is 1. The van der Waals surface area contributed by atoms with E-state index in [1.165, 1.54) is 11.3 Å². The van der Waals surface area contributed by atoms with Crippen LogP contribution in [0.4, 0.5) is 0 Å². The van der Waals surface area contributed by atoms with Crippen molar-refractivity contribution in [2.75, 3.05) is 6.79 Å². The van der Waals surface area contributed by atoms with Crippen molar-refractivity contribution in [3.63, 3.8) is 0 Å². The summed E-state index contributed by atoms with van der Waals surface area (Å²) < 4.78 is 10.7. The first kappa shape index (κ1) is 17.8. The largest absolute Gasteiger partial charge is 0.480 e. The summed E-state index contributed by atoms with van der Waals surface area (Å²) in [6.07, 6.45) is 3.67. The number of carboxylic acid groups (broad SMARTS) is 1. The highest BCUT2D eigenvalue weighted by atomic mass is 32.1. The van der Waals surface area contributed by atoms with Gasteiger partial charge in [0, 0.05) is 10.9 Å². The summed E-state index contributed by atoms with van der Waals surface area (Å²) in [6, 6.07) is 5.61. The summed E-state index contributed by atoms with van der Waals surface area (Å²) in [5, 5.41) is 14.9. The van der Waals surface area contributed by atoms with Crippen LogP contribution in [0.1, 0.15) is 37.8 Å². The predicted molar refractivity (Wildman–Crippen MR) is 99.0 cm³/mol. The van der Waals surface area contributed by atoms with Gasteiger partial charge in [-0.15, -0.1) is 11.3 Å². The van der Waals surface area contributed by atoms with Crippen LogP contribution >= 0.6 is 11.3 Å². The molecule has 0 spiro atoms. The van der Waals surface area contributed by atoms with E-state index in [1.54, 1.807) is 0 Å². The second-order valence-corrected chi connectivity index (χ2v) is 7.74. The van der Waals surface area contributed by atoms with Gasteiger partial charge in [-0.05, 0) is 31.0 Å². The van der Waals surface area contributed by atoms with E-state index in [9.17, 15) is 14.7 Å². The number of hydrogen-bond acceptors (Lipinski definition) is 6. The minimum absolute atomic E-state index is 0.0656. The monoisotopic (exact) mass is 388 g/mol. The normalized spacial score (nSPS) is 17.5. The summed E-state index contributed by atoms with van der Waals surface area (Å²) in [5.74, 6) is 0.140. The SMILES string of the molecule is O=C(Cc1csc(-c2ccc3c(c2)OCO3)n1)NC1(C(=O)O)CCCCC1. The number of carbonyl (C=O) groups excluding carboxylic acids is 1. The molecule has 142 valence electrons. The van der Waals surface area contributed by atoms with Crippen LogP contribution in [-0.4, -0.2) is 34.3 Å². The third kappa shape index (κ3) is 3.62. The molecular formula is C19H20N2O5S. The van der Waals surface area contributed by atoms with Crippen LogP contribution in [0.15, 0.2) is 23.6 Å². The highest BCUT2D eigenvalue weighted by molar-refractivity contribution is 7.13. The first-order valence-corrected chi connectivity index (χ1v) is 9.83. The third-order valence-corrected chi connectivity index (χ3v) is 5.95. The lowest BCUT2D eigenvalue weighted by Gasteiger charge is -2.33. The lowest BCUT2D eigenvalue weighted by Crippen LogP contribution is -2.56. The fraction of sp³-hybridized carbons (Fsp3) is 0.421. The lowest BCUT2D eigenvalue weighted by molar-refractivity contribution is -0.149. The van der Waals surface area contributed by atoms with E-state index >= 15 is 0 Å². The molecule has 0 radical (unpaired) electrons. The van der Waals surface area contributed by atoms with Gasteiger partial charge < -0.3 is 19.9 Å². The predicted octanol–water partition coefficient (Wildman–Crippen LogP) is 2.99. The molecule has 1 amide bonds. The Hall–Kier alpha value is -2.61. The number of carboxylic acids is 1. The van der Waals surface area contributed by atoms with Crippen molar-refractivity contribution in [3.8, 4) is 22.1 Å². The van der Waals surface area contributed by atoms with Gasteiger partial charge in [-0.2, -0.15) is 0 Å². The Bertz CT molecular complexity index is 873. The number of aliphatic carboxylic acids is 1. The summed E-state index contributed by atoms with van der Waals surface area (Å²) in [7, 11) is 0. The molecule has 1 saturated carbocycles. The Kier molecular flexibility index (Phi) is 4.73. The van der Waals surface area contributed by atoms with Crippen LogP contribution in [0.2, 0.25) is 0 Å². The van der Waals surface area contributed by atoms with Crippen LogP contribution < -0.4 is 14.8 Å². The van der Waals surface area contributed by atoms with Gasteiger partial charge in [0.25, 0.3) is 0 Å². The first-order valence-electron chi connectivity index (χ1n) is 8.95. The van der Waals surface area contributed by atoms with Crippen LogP contribution in [0, 0.1) is 0 Å². The highest BCUT2D eigenvalue weighted by Gasteiger charge is 2.40. The second-order valence-electron chi connectivity index (χ2n) is 6.88. The van der Waals surface area contributed by atoms with Gasteiger partial charge in [0.05, 0.1) is 12.1 Å². The highest BCUT2D eigenvalue weighted by Crippen LogP contribution is 2.36. The average molecular weight is 388 g/mol. The molecule has 2 aliphatic rings. The summed E-state index contributed by atoms with van der Waals surface area (Å²) >= 11 is 1.44. The van der Waals surface area contributed by atoms with E-state index in [0.29, 0.717) is 30.0 Å². The summed E-state index contributed by atoms with van der Waals surface area (Å²) in [6.45, 7) is 0.216. The molecule has 2 heterocycles. The van der Waals surface area contributed by atoms with E-state index in [4.69, 9.17) is 9.47 Å². The quantitative estimate of drug-likeness (QED) is 0.817. The number of aromatic nitrogens is 1.